The van der Waals surface area contributed by atoms with E-state index in [1.807, 2.05) is 6.92 Å². The van der Waals surface area contributed by atoms with Crippen LogP contribution in [0.5, 0.6) is 0 Å². The van der Waals surface area contributed by atoms with Crippen molar-refractivity contribution in [1.29, 1.82) is 0 Å². The molecule has 0 aromatic rings. The van der Waals surface area contributed by atoms with E-state index in [-0.39, 0.29) is 6.04 Å². The fourth-order valence-corrected chi connectivity index (χ4v) is 1.91. The lowest BCUT2D eigenvalue weighted by molar-refractivity contribution is -0.0202. The third kappa shape index (κ3) is 1.94. The third-order valence-electron chi connectivity index (χ3n) is 2.85. The summed E-state index contributed by atoms with van der Waals surface area (Å²) in [5.41, 5.74) is 5.30. The molecule has 0 heterocycles. The quantitative estimate of drug-likeness (QED) is 0.636. The highest BCUT2D eigenvalue weighted by molar-refractivity contribution is 4.90. The molecule has 2 heteroatoms. The highest BCUT2D eigenvalue weighted by atomic mass is 16.3. The Morgan fingerprint density at radius 3 is 2.36 bits per heavy atom. The molecule has 1 aliphatic carbocycles. The minimum Gasteiger partial charge on any atom is -0.388 e. The molecular weight excluding hydrogens is 138 g/mol. The largest absolute Gasteiger partial charge is 0.388 e. The van der Waals surface area contributed by atoms with Crippen LogP contribution >= 0.6 is 0 Å². The highest BCUT2D eigenvalue weighted by Crippen LogP contribution is 2.30. The summed E-state index contributed by atoms with van der Waals surface area (Å²) >= 11 is 0. The van der Waals surface area contributed by atoms with E-state index >= 15 is 0 Å². The summed E-state index contributed by atoms with van der Waals surface area (Å²) in [6.07, 6.45) is 6.24. The average molecular weight is 157 g/mol. The van der Waals surface area contributed by atoms with Crippen LogP contribution in [-0.2, 0) is 0 Å². The SMILES string of the molecule is CCC(N)C1(O)CCCCC1. The van der Waals surface area contributed by atoms with E-state index in [1.54, 1.807) is 0 Å². The van der Waals surface area contributed by atoms with Crippen molar-refractivity contribution in [2.45, 2.75) is 57.1 Å². The molecule has 0 amide bonds. The van der Waals surface area contributed by atoms with Gasteiger partial charge in [-0.1, -0.05) is 26.2 Å². The van der Waals surface area contributed by atoms with Gasteiger partial charge in [0.1, 0.15) is 0 Å². The molecule has 11 heavy (non-hydrogen) atoms. The number of nitrogens with two attached hydrogens (primary N) is 1. The molecule has 0 bridgehead atoms. The molecule has 3 N–H and O–H groups in total. The summed E-state index contributed by atoms with van der Waals surface area (Å²) in [7, 11) is 0. The number of aliphatic hydroxyl groups is 1. The molecule has 1 rings (SSSR count). The van der Waals surface area contributed by atoms with Gasteiger partial charge < -0.3 is 10.8 Å². The van der Waals surface area contributed by atoms with Gasteiger partial charge in [0.15, 0.2) is 0 Å². The van der Waals surface area contributed by atoms with E-state index in [2.05, 4.69) is 0 Å². The van der Waals surface area contributed by atoms with Crippen LogP contribution in [0.2, 0.25) is 0 Å². The first-order chi connectivity index (χ1) is 5.19. The summed E-state index contributed by atoms with van der Waals surface area (Å²) in [4.78, 5) is 0. The van der Waals surface area contributed by atoms with E-state index in [0.29, 0.717) is 0 Å². The summed E-state index contributed by atoms with van der Waals surface area (Å²) in [5, 5.41) is 10.0. The fraction of sp³-hybridized carbons (Fsp3) is 1.00. The van der Waals surface area contributed by atoms with Crippen LogP contribution in [0.3, 0.4) is 0 Å². The summed E-state index contributed by atoms with van der Waals surface area (Å²) in [5.74, 6) is 0. The van der Waals surface area contributed by atoms with E-state index in [1.165, 1.54) is 6.42 Å². The fourth-order valence-electron chi connectivity index (χ4n) is 1.91. The Labute approximate surface area is 68.8 Å². The zero-order valence-corrected chi connectivity index (χ0v) is 7.34. The maximum Gasteiger partial charge on any atom is 0.0797 e. The Morgan fingerprint density at radius 1 is 1.36 bits per heavy atom. The number of hydrogen-bond donors (Lipinski definition) is 2. The first-order valence-electron chi connectivity index (χ1n) is 4.67. The predicted octanol–water partition coefficient (Wildman–Crippen LogP) is 1.42. The van der Waals surface area contributed by atoms with Crippen LogP contribution in [0.1, 0.15) is 45.4 Å². The monoisotopic (exact) mass is 157 g/mol. The second-order valence-corrected chi connectivity index (χ2v) is 3.68. The summed E-state index contributed by atoms with van der Waals surface area (Å²) < 4.78 is 0. The molecule has 66 valence electrons. The lowest BCUT2D eigenvalue weighted by atomic mass is 9.79. The van der Waals surface area contributed by atoms with Gasteiger partial charge in [0.2, 0.25) is 0 Å². The Bertz CT molecular complexity index is 119. The highest BCUT2D eigenvalue weighted by Gasteiger charge is 2.34. The first kappa shape index (κ1) is 9.01. The van der Waals surface area contributed by atoms with Crippen LogP contribution in [0.15, 0.2) is 0 Å². The molecule has 0 radical (unpaired) electrons. The zero-order chi connectivity index (χ0) is 8.32. The molecule has 1 saturated carbocycles. The van der Waals surface area contributed by atoms with Gasteiger partial charge in [-0.2, -0.15) is 0 Å². The molecule has 0 saturated heterocycles. The van der Waals surface area contributed by atoms with Crippen LogP contribution in [0.25, 0.3) is 0 Å². The van der Waals surface area contributed by atoms with Gasteiger partial charge in [-0.3, -0.25) is 0 Å². The van der Waals surface area contributed by atoms with Crippen molar-refractivity contribution in [1.82, 2.24) is 0 Å². The smallest absolute Gasteiger partial charge is 0.0797 e. The number of rotatable bonds is 2. The van der Waals surface area contributed by atoms with Crippen molar-refractivity contribution in [3.05, 3.63) is 0 Å². The van der Waals surface area contributed by atoms with Gasteiger partial charge >= 0.3 is 0 Å². The standard InChI is InChI=1S/C9H19NO/c1-2-8(10)9(11)6-4-3-5-7-9/h8,11H,2-7,10H2,1H3. The molecule has 1 aliphatic rings. The van der Waals surface area contributed by atoms with Crippen molar-refractivity contribution in [3.8, 4) is 0 Å². The van der Waals surface area contributed by atoms with Crippen molar-refractivity contribution in [3.63, 3.8) is 0 Å². The number of hydrogen-bond acceptors (Lipinski definition) is 2. The average Bonchev–Trinajstić information content (AvgIpc) is 2.04. The summed E-state index contributed by atoms with van der Waals surface area (Å²) in [6.45, 7) is 2.04. The Balaban J connectivity index is 2.49. The minimum absolute atomic E-state index is 0.0113. The molecule has 0 spiro atoms. The van der Waals surface area contributed by atoms with Crippen molar-refractivity contribution in [2.75, 3.05) is 0 Å². The van der Waals surface area contributed by atoms with E-state index in [0.717, 1.165) is 32.1 Å². The van der Waals surface area contributed by atoms with Crippen LogP contribution < -0.4 is 5.73 Å². The van der Waals surface area contributed by atoms with Gasteiger partial charge in [-0.25, -0.2) is 0 Å². The lowest BCUT2D eigenvalue weighted by Crippen LogP contribution is -2.48. The van der Waals surface area contributed by atoms with Crippen LogP contribution in [-0.4, -0.2) is 16.7 Å². The van der Waals surface area contributed by atoms with Gasteiger partial charge in [0.25, 0.3) is 0 Å². The van der Waals surface area contributed by atoms with Gasteiger partial charge in [0.05, 0.1) is 5.60 Å². The van der Waals surface area contributed by atoms with E-state index < -0.39 is 5.60 Å². The molecular formula is C9H19NO. The molecule has 0 aliphatic heterocycles. The second kappa shape index (κ2) is 3.55. The predicted molar refractivity (Wildman–Crippen MR) is 46.3 cm³/mol. The molecule has 0 aromatic heterocycles. The lowest BCUT2D eigenvalue weighted by Gasteiger charge is -2.36. The van der Waals surface area contributed by atoms with E-state index in [9.17, 15) is 5.11 Å². The van der Waals surface area contributed by atoms with Gasteiger partial charge in [0, 0.05) is 6.04 Å². The third-order valence-corrected chi connectivity index (χ3v) is 2.85. The molecule has 2 nitrogen and oxygen atoms in total. The maximum absolute atomic E-state index is 10.0. The Kier molecular flexibility index (Phi) is 2.90. The van der Waals surface area contributed by atoms with Crippen molar-refractivity contribution >= 4 is 0 Å². The molecule has 1 atom stereocenters. The summed E-state index contributed by atoms with van der Waals surface area (Å²) in [6, 6.07) is -0.0113. The molecule has 0 aromatic carbocycles. The van der Waals surface area contributed by atoms with Crippen molar-refractivity contribution < 1.29 is 5.11 Å². The van der Waals surface area contributed by atoms with Crippen LogP contribution in [0.4, 0.5) is 0 Å². The maximum atomic E-state index is 10.0. The van der Waals surface area contributed by atoms with Crippen LogP contribution in [0, 0.1) is 0 Å². The Hall–Kier alpha value is -0.0800. The molecule has 1 unspecified atom stereocenters. The Morgan fingerprint density at radius 2 is 1.91 bits per heavy atom. The van der Waals surface area contributed by atoms with Gasteiger partial charge in [-0.05, 0) is 19.3 Å². The topological polar surface area (TPSA) is 46.2 Å². The zero-order valence-electron chi connectivity index (χ0n) is 7.34. The minimum atomic E-state index is -0.535. The van der Waals surface area contributed by atoms with E-state index in [4.69, 9.17) is 5.73 Å². The normalized spacial score (nSPS) is 26.5. The second-order valence-electron chi connectivity index (χ2n) is 3.68. The van der Waals surface area contributed by atoms with Gasteiger partial charge in [-0.15, -0.1) is 0 Å². The molecule has 1 fully saturated rings. The van der Waals surface area contributed by atoms with Crippen molar-refractivity contribution in [2.24, 2.45) is 5.73 Å². The first-order valence-corrected chi connectivity index (χ1v) is 4.67.